The molecule has 8 nitrogen and oxygen atoms in total. The Labute approximate surface area is 224 Å². The van der Waals surface area contributed by atoms with Crippen molar-refractivity contribution in [3.8, 4) is 11.4 Å². The van der Waals surface area contributed by atoms with E-state index in [9.17, 15) is 22.0 Å². The molecular weight excluding hydrogens is 533 g/mol. The standard InChI is InChI=1S/C27H29F3N4O4S/c1-27(2,3)39(36,37)33-10-8-32(9-11-33)22-16-31-34(20-14-18(28)13-19(29)15-20)26(35)25(22)38-23-12-17-6-4-5-7-21(17)24(23)30/h4-7,13-16,23-24H,8-12H2,1-3H3. The molecule has 39 heavy (non-hydrogen) atoms. The third-order valence-corrected chi connectivity index (χ3v) is 9.66. The zero-order valence-corrected chi connectivity index (χ0v) is 22.6. The summed E-state index contributed by atoms with van der Waals surface area (Å²) in [5.74, 6) is -2.00. The topological polar surface area (TPSA) is 84.7 Å². The summed E-state index contributed by atoms with van der Waals surface area (Å²) in [6.07, 6.45) is -0.944. The second kappa shape index (κ2) is 9.98. The zero-order valence-electron chi connectivity index (χ0n) is 21.8. The van der Waals surface area contributed by atoms with E-state index < -0.39 is 44.2 Å². The number of fused-ring (bicyclic) bond motifs is 1. The maximum atomic E-state index is 15.4. The van der Waals surface area contributed by atoms with Gasteiger partial charge in [-0.2, -0.15) is 14.1 Å². The van der Waals surface area contributed by atoms with Gasteiger partial charge >= 0.3 is 5.56 Å². The smallest absolute Gasteiger partial charge is 0.316 e. The molecule has 1 aliphatic carbocycles. The van der Waals surface area contributed by atoms with Gasteiger partial charge in [-0.15, -0.1) is 0 Å². The van der Waals surface area contributed by atoms with E-state index in [1.54, 1.807) is 49.9 Å². The summed E-state index contributed by atoms with van der Waals surface area (Å²) in [6, 6.07) is 9.57. The average molecular weight is 563 g/mol. The molecule has 208 valence electrons. The van der Waals surface area contributed by atoms with Crippen molar-refractivity contribution in [3.05, 3.63) is 81.8 Å². The number of sulfonamides is 1. The van der Waals surface area contributed by atoms with Gasteiger partial charge in [0.2, 0.25) is 15.8 Å². The lowest BCUT2D eigenvalue weighted by molar-refractivity contribution is 0.113. The first-order valence-corrected chi connectivity index (χ1v) is 14.0. The molecular formula is C27H29F3N4O4S. The molecule has 0 N–H and O–H groups in total. The lowest BCUT2D eigenvalue weighted by Crippen LogP contribution is -2.53. The van der Waals surface area contributed by atoms with Crippen molar-refractivity contribution >= 4 is 15.7 Å². The van der Waals surface area contributed by atoms with E-state index in [4.69, 9.17) is 4.74 Å². The minimum absolute atomic E-state index is 0.151. The van der Waals surface area contributed by atoms with Gasteiger partial charge in [-0.25, -0.2) is 21.6 Å². The SMILES string of the molecule is CC(C)(C)S(=O)(=O)N1CCN(c2cnn(-c3cc(F)cc(F)c3)c(=O)c2OC2Cc3ccccc3C2F)CC1. The van der Waals surface area contributed by atoms with Crippen molar-refractivity contribution in [2.75, 3.05) is 31.1 Å². The summed E-state index contributed by atoms with van der Waals surface area (Å²) >= 11 is 0. The second-order valence-corrected chi connectivity index (χ2v) is 13.4. The van der Waals surface area contributed by atoms with Gasteiger partial charge < -0.3 is 9.64 Å². The molecule has 2 aromatic carbocycles. The monoisotopic (exact) mass is 562 g/mol. The van der Waals surface area contributed by atoms with Crippen molar-refractivity contribution in [1.82, 2.24) is 14.1 Å². The highest BCUT2D eigenvalue weighted by Gasteiger charge is 2.39. The first-order valence-electron chi connectivity index (χ1n) is 12.6. The molecule has 3 aromatic rings. The first-order chi connectivity index (χ1) is 18.4. The molecule has 0 saturated carbocycles. The number of hydrogen-bond acceptors (Lipinski definition) is 6. The predicted octanol–water partition coefficient (Wildman–Crippen LogP) is 3.78. The van der Waals surface area contributed by atoms with Crippen LogP contribution < -0.4 is 15.2 Å². The molecule has 1 fully saturated rings. The van der Waals surface area contributed by atoms with Crippen LogP contribution >= 0.6 is 0 Å². The van der Waals surface area contributed by atoms with Gasteiger partial charge in [0.15, 0.2) is 6.17 Å². The van der Waals surface area contributed by atoms with Gasteiger partial charge in [0, 0.05) is 38.7 Å². The van der Waals surface area contributed by atoms with Crippen molar-refractivity contribution in [1.29, 1.82) is 0 Å². The summed E-state index contributed by atoms with van der Waals surface area (Å²) in [5, 5.41) is 4.13. The Kier molecular flexibility index (Phi) is 6.96. The highest BCUT2D eigenvalue weighted by atomic mass is 32.2. The Morgan fingerprint density at radius 1 is 1.00 bits per heavy atom. The Bertz CT molecular complexity index is 1540. The van der Waals surface area contributed by atoms with Crippen LogP contribution in [0.3, 0.4) is 0 Å². The van der Waals surface area contributed by atoms with Gasteiger partial charge in [-0.05, 0) is 44.0 Å². The predicted molar refractivity (Wildman–Crippen MR) is 141 cm³/mol. The minimum atomic E-state index is -3.56. The van der Waals surface area contributed by atoms with Crippen LogP contribution in [0.25, 0.3) is 5.69 Å². The van der Waals surface area contributed by atoms with E-state index >= 15 is 4.39 Å². The van der Waals surface area contributed by atoms with Crippen molar-refractivity contribution in [3.63, 3.8) is 0 Å². The van der Waals surface area contributed by atoms with Gasteiger partial charge in [0.1, 0.15) is 23.4 Å². The maximum absolute atomic E-state index is 15.4. The van der Waals surface area contributed by atoms with Crippen LogP contribution in [0.1, 0.15) is 38.1 Å². The Balaban J connectivity index is 1.51. The third-order valence-electron chi connectivity index (χ3n) is 7.07. The Morgan fingerprint density at radius 3 is 2.26 bits per heavy atom. The number of anilines is 1. The summed E-state index contributed by atoms with van der Waals surface area (Å²) < 4.78 is 76.3. The maximum Gasteiger partial charge on any atom is 0.316 e. The molecule has 5 rings (SSSR count). The largest absolute Gasteiger partial charge is 0.479 e. The number of rotatable bonds is 5. The number of piperazine rings is 1. The van der Waals surface area contributed by atoms with Crippen molar-refractivity contribution in [2.45, 2.75) is 44.2 Å². The summed E-state index contributed by atoms with van der Waals surface area (Å²) in [6.45, 7) is 5.69. The molecule has 2 aliphatic rings. The number of benzene rings is 2. The first kappa shape index (κ1) is 27.2. The molecule has 0 amide bonds. The fourth-order valence-electron chi connectivity index (χ4n) is 4.93. The van der Waals surface area contributed by atoms with Gasteiger partial charge in [-0.1, -0.05) is 24.3 Å². The number of aromatic nitrogens is 2. The summed E-state index contributed by atoms with van der Waals surface area (Å²) in [5.41, 5.74) is 0.529. The van der Waals surface area contributed by atoms with Gasteiger partial charge in [-0.3, -0.25) is 4.79 Å². The molecule has 0 spiro atoms. The molecule has 2 unspecified atom stereocenters. The summed E-state index contributed by atoms with van der Waals surface area (Å²) in [4.78, 5) is 15.4. The fraction of sp³-hybridized carbons (Fsp3) is 0.407. The summed E-state index contributed by atoms with van der Waals surface area (Å²) in [7, 11) is -3.56. The number of halogens is 3. The van der Waals surface area contributed by atoms with Crippen LogP contribution in [0.4, 0.5) is 18.9 Å². The third kappa shape index (κ3) is 5.03. The number of ether oxygens (including phenoxy) is 1. The molecule has 2 atom stereocenters. The minimum Gasteiger partial charge on any atom is -0.479 e. The van der Waals surface area contributed by atoms with E-state index in [1.807, 2.05) is 0 Å². The van der Waals surface area contributed by atoms with Crippen LogP contribution in [-0.2, 0) is 16.4 Å². The molecule has 2 heterocycles. The van der Waals surface area contributed by atoms with Crippen LogP contribution in [0.15, 0.2) is 53.5 Å². The average Bonchev–Trinajstić information content (AvgIpc) is 3.19. The quantitative estimate of drug-likeness (QED) is 0.471. The van der Waals surface area contributed by atoms with Crippen LogP contribution in [0.5, 0.6) is 5.75 Å². The van der Waals surface area contributed by atoms with Crippen LogP contribution in [0.2, 0.25) is 0 Å². The van der Waals surface area contributed by atoms with Gasteiger partial charge in [0.25, 0.3) is 0 Å². The number of alkyl halides is 1. The fourth-order valence-corrected chi connectivity index (χ4v) is 6.35. The second-order valence-electron chi connectivity index (χ2n) is 10.7. The molecule has 1 saturated heterocycles. The van der Waals surface area contributed by atoms with E-state index in [1.165, 1.54) is 10.5 Å². The van der Waals surface area contributed by atoms with Crippen LogP contribution in [0, 0.1) is 11.6 Å². The Morgan fingerprint density at radius 2 is 1.64 bits per heavy atom. The lowest BCUT2D eigenvalue weighted by Gasteiger charge is -2.38. The molecule has 0 radical (unpaired) electrons. The highest BCUT2D eigenvalue weighted by Crippen LogP contribution is 2.38. The molecule has 12 heteroatoms. The number of hydrogen-bond donors (Lipinski definition) is 0. The molecule has 1 aromatic heterocycles. The number of nitrogens with zero attached hydrogens (tertiary/aromatic N) is 4. The van der Waals surface area contributed by atoms with Gasteiger partial charge in [0.05, 0.1) is 16.6 Å². The van der Waals surface area contributed by atoms with Crippen LogP contribution in [-0.4, -0.2) is 59.5 Å². The zero-order chi connectivity index (χ0) is 28.1. The van der Waals surface area contributed by atoms with Crippen molar-refractivity contribution < 1.29 is 26.3 Å². The highest BCUT2D eigenvalue weighted by molar-refractivity contribution is 7.90. The molecule has 0 bridgehead atoms. The normalized spacial score (nSPS) is 20.2. The van der Waals surface area contributed by atoms with E-state index in [-0.39, 0.29) is 49.7 Å². The lowest BCUT2D eigenvalue weighted by atomic mass is 10.1. The van der Waals surface area contributed by atoms with E-state index in [2.05, 4.69) is 5.10 Å². The van der Waals surface area contributed by atoms with Crippen molar-refractivity contribution in [2.24, 2.45) is 0 Å². The van der Waals surface area contributed by atoms with E-state index in [0.717, 1.165) is 22.4 Å². The molecule has 1 aliphatic heterocycles. The van der Waals surface area contributed by atoms with E-state index in [0.29, 0.717) is 11.6 Å². The Hall–Kier alpha value is -3.38.